The molecule has 0 bridgehead atoms. The molecule has 0 unspecified atom stereocenters. The maximum absolute atomic E-state index is 13.3. The smallest absolute Gasteiger partial charge is 0.416 e. The molecule has 7 nitrogen and oxygen atoms in total. The van der Waals surface area contributed by atoms with E-state index in [0.29, 0.717) is 23.1 Å². The topological polar surface area (TPSA) is 106 Å². The van der Waals surface area contributed by atoms with Crippen molar-refractivity contribution in [3.05, 3.63) is 83.1 Å². The molecule has 2 aromatic carbocycles. The van der Waals surface area contributed by atoms with Crippen LogP contribution in [0.25, 0.3) is 6.08 Å². The van der Waals surface area contributed by atoms with Crippen LogP contribution in [0.15, 0.2) is 70.4 Å². The summed E-state index contributed by atoms with van der Waals surface area (Å²) in [5.74, 6) is -1.28. The third kappa shape index (κ3) is 7.14. The summed E-state index contributed by atoms with van der Waals surface area (Å²) in [6, 6.07) is 10.4. The highest BCUT2D eigenvalue weighted by Crippen LogP contribution is 2.37. The molecule has 0 aliphatic heterocycles. The summed E-state index contributed by atoms with van der Waals surface area (Å²) in [7, 11) is -4.25. The lowest BCUT2D eigenvalue weighted by atomic mass is 10.1. The molecule has 0 aliphatic carbocycles. The Kier molecular flexibility index (Phi) is 8.13. The number of carboxylic acids is 1. The van der Waals surface area contributed by atoms with Gasteiger partial charge in [0.2, 0.25) is 5.09 Å². The van der Waals surface area contributed by atoms with E-state index in [4.69, 9.17) is 14.3 Å². The summed E-state index contributed by atoms with van der Waals surface area (Å²) in [5.41, 5.74) is 0.427. The number of alkyl halides is 3. The van der Waals surface area contributed by atoms with E-state index >= 15 is 0 Å². The van der Waals surface area contributed by atoms with Crippen molar-refractivity contribution in [1.82, 2.24) is 0 Å². The Balaban J connectivity index is 1.87. The Morgan fingerprint density at radius 3 is 2.44 bits per heavy atom. The van der Waals surface area contributed by atoms with Crippen LogP contribution in [-0.4, -0.2) is 19.5 Å². The van der Waals surface area contributed by atoms with E-state index in [1.165, 1.54) is 18.4 Å². The molecular formula is C25H24F3NO6S. The summed E-state index contributed by atoms with van der Waals surface area (Å²) in [6.07, 6.45) is -0.640. The Morgan fingerprint density at radius 1 is 1.14 bits per heavy atom. The zero-order valence-corrected chi connectivity index (χ0v) is 20.2. The molecule has 0 spiro atoms. The molecule has 36 heavy (non-hydrogen) atoms. The van der Waals surface area contributed by atoms with Crippen LogP contribution in [0.1, 0.15) is 36.1 Å². The van der Waals surface area contributed by atoms with Gasteiger partial charge in [-0.3, -0.25) is 4.72 Å². The zero-order chi connectivity index (χ0) is 26.5. The highest BCUT2D eigenvalue weighted by molar-refractivity contribution is 7.92. The molecule has 0 fully saturated rings. The van der Waals surface area contributed by atoms with Crippen LogP contribution in [0.5, 0.6) is 5.75 Å². The van der Waals surface area contributed by atoms with E-state index in [1.54, 1.807) is 24.3 Å². The standard InChI is InChI=1S/C25H24F3NO6S/c1-16(2)13-19-11-12-34-24(19)36(32,33)29-21-9-8-20(25(26,27)28)14-22(21)35-15-18-5-3-17(4-6-18)7-10-23(30)31/h3-12,14,16,29H,13,15H2,1-2H3,(H,30,31)/b10-7+. The van der Waals surface area contributed by atoms with Crippen LogP contribution >= 0.6 is 0 Å². The molecule has 1 aromatic heterocycles. The number of anilines is 1. The van der Waals surface area contributed by atoms with E-state index in [0.717, 1.165) is 24.3 Å². The zero-order valence-electron chi connectivity index (χ0n) is 19.4. The number of hydrogen-bond donors (Lipinski definition) is 2. The van der Waals surface area contributed by atoms with Crippen molar-refractivity contribution in [3.8, 4) is 5.75 Å². The molecule has 192 valence electrons. The second-order valence-electron chi connectivity index (χ2n) is 8.35. The lowest BCUT2D eigenvalue weighted by Crippen LogP contribution is -2.16. The monoisotopic (exact) mass is 523 g/mol. The van der Waals surface area contributed by atoms with Crippen molar-refractivity contribution < 1.29 is 40.6 Å². The minimum atomic E-state index is -4.67. The van der Waals surface area contributed by atoms with Crippen molar-refractivity contribution in [2.24, 2.45) is 5.92 Å². The first-order valence-electron chi connectivity index (χ1n) is 10.8. The van der Waals surface area contributed by atoms with Gasteiger partial charge in [0.05, 0.1) is 17.5 Å². The van der Waals surface area contributed by atoms with E-state index < -0.39 is 27.7 Å². The first-order valence-corrected chi connectivity index (χ1v) is 12.3. The van der Waals surface area contributed by atoms with Crippen LogP contribution in [0.2, 0.25) is 0 Å². The van der Waals surface area contributed by atoms with Gasteiger partial charge in [-0.15, -0.1) is 0 Å². The number of hydrogen-bond acceptors (Lipinski definition) is 5. The van der Waals surface area contributed by atoms with E-state index in [1.807, 2.05) is 13.8 Å². The van der Waals surface area contributed by atoms with Crippen LogP contribution in [0.3, 0.4) is 0 Å². The Bertz CT molecular complexity index is 1340. The van der Waals surface area contributed by atoms with Gasteiger partial charge >= 0.3 is 12.1 Å². The molecule has 1 heterocycles. The summed E-state index contributed by atoms with van der Waals surface area (Å²) >= 11 is 0. The molecule has 0 saturated heterocycles. The fourth-order valence-electron chi connectivity index (χ4n) is 3.30. The van der Waals surface area contributed by atoms with Gasteiger partial charge < -0.3 is 14.3 Å². The average molecular weight is 524 g/mol. The largest absolute Gasteiger partial charge is 0.487 e. The maximum Gasteiger partial charge on any atom is 0.416 e. The first-order chi connectivity index (χ1) is 16.8. The number of carbonyl (C=O) groups is 1. The molecule has 3 aromatic rings. The maximum atomic E-state index is 13.3. The summed E-state index contributed by atoms with van der Waals surface area (Å²) in [5, 5.41) is 8.39. The number of benzene rings is 2. The SMILES string of the molecule is CC(C)Cc1ccoc1S(=O)(=O)Nc1ccc(C(F)(F)F)cc1OCc1ccc(/C=C/C(=O)O)cc1. The minimum absolute atomic E-state index is 0.146. The second-order valence-corrected chi connectivity index (χ2v) is 9.93. The molecular weight excluding hydrogens is 499 g/mol. The number of nitrogens with one attached hydrogen (secondary N) is 1. The van der Waals surface area contributed by atoms with Crippen LogP contribution in [-0.2, 0) is 34.0 Å². The van der Waals surface area contributed by atoms with Crippen molar-refractivity contribution in [2.75, 3.05) is 4.72 Å². The summed E-state index contributed by atoms with van der Waals surface area (Å²) in [6.45, 7) is 3.65. The molecule has 0 aliphatic rings. The molecule has 3 rings (SSSR count). The van der Waals surface area contributed by atoms with Gasteiger partial charge in [-0.1, -0.05) is 38.1 Å². The quantitative estimate of drug-likeness (QED) is 0.317. The number of rotatable bonds is 10. The lowest BCUT2D eigenvalue weighted by molar-refractivity contribution is -0.137. The predicted octanol–water partition coefficient (Wildman–Crippen LogP) is 5.97. The van der Waals surface area contributed by atoms with Crippen molar-refractivity contribution >= 4 is 27.8 Å². The fraction of sp³-hybridized carbons (Fsp3) is 0.240. The molecule has 0 saturated carbocycles. The third-order valence-corrected chi connectivity index (χ3v) is 6.26. The molecule has 0 radical (unpaired) electrons. The van der Waals surface area contributed by atoms with Gasteiger partial charge in [-0.2, -0.15) is 21.6 Å². The molecule has 2 N–H and O–H groups in total. The molecule has 0 atom stereocenters. The third-order valence-electron chi connectivity index (χ3n) is 4.92. The van der Waals surface area contributed by atoms with Gasteiger partial charge in [0.1, 0.15) is 12.4 Å². The average Bonchev–Trinajstić information content (AvgIpc) is 3.25. The Labute approximate surface area is 206 Å². The summed E-state index contributed by atoms with van der Waals surface area (Å²) in [4.78, 5) is 10.6. The number of furan rings is 1. The van der Waals surface area contributed by atoms with Crippen LogP contribution in [0, 0.1) is 5.92 Å². The first kappa shape index (κ1) is 26.9. The number of halogens is 3. The number of ether oxygens (including phenoxy) is 1. The van der Waals surface area contributed by atoms with Crippen molar-refractivity contribution in [2.45, 2.75) is 38.1 Å². The van der Waals surface area contributed by atoms with Gasteiger partial charge in [0, 0.05) is 11.6 Å². The van der Waals surface area contributed by atoms with Gasteiger partial charge in [0.25, 0.3) is 10.0 Å². The Morgan fingerprint density at radius 2 is 1.83 bits per heavy atom. The van der Waals surface area contributed by atoms with Crippen LogP contribution in [0.4, 0.5) is 18.9 Å². The molecule has 11 heteroatoms. The highest BCUT2D eigenvalue weighted by Gasteiger charge is 2.32. The second kappa shape index (κ2) is 10.9. The minimum Gasteiger partial charge on any atom is -0.487 e. The predicted molar refractivity (Wildman–Crippen MR) is 127 cm³/mol. The van der Waals surface area contributed by atoms with Crippen molar-refractivity contribution in [3.63, 3.8) is 0 Å². The normalized spacial score (nSPS) is 12.3. The fourth-order valence-corrected chi connectivity index (χ4v) is 4.53. The Hall–Kier alpha value is -3.73. The van der Waals surface area contributed by atoms with Crippen LogP contribution < -0.4 is 9.46 Å². The highest BCUT2D eigenvalue weighted by atomic mass is 32.2. The molecule has 0 amide bonds. The van der Waals surface area contributed by atoms with Crippen molar-refractivity contribution in [1.29, 1.82) is 0 Å². The van der Waals surface area contributed by atoms with Gasteiger partial charge in [-0.05, 0) is 53.8 Å². The summed E-state index contributed by atoms with van der Waals surface area (Å²) < 4.78 is 79.0. The lowest BCUT2D eigenvalue weighted by Gasteiger charge is -2.16. The van der Waals surface area contributed by atoms with Gasteiger partial charge in [-0.25, -0.2) is 4.79 Å². The number of sulfonamides is 1. The van der Waals surface area contributed by atoms with E-state index in [9.17, 15) is 26.4 Å². The number of carboxylic acid groups (broad SMARTS) is 1. The van der Waals surface area contributed by atoms with E-state index in [-0.39, 0.29) is 29.1 Å². The van der Waals surface area contributed by atoms with E-state index in [2.05, 4.69) is 4.72 Å². The number of aliphatic carboxylic acids is 1. The van der Waals surface area contributed by atoms with Gasteiger partial charge in [0.15, 0.2) is 0 Å².